The molecule has 1 heterocycles. The molecule has 1 aromatic heterocycles. The van der Waals surface area contributed by atoms with E-state index in [-0.39, 0.29) is 0 Å². The van der Waals surface area contributed by atoms with Crippen molar-refractivity contribution in [3.8, 4) is 5.88 Å². The molecule has 0 bridgehead atoms. The van der Waals surface area contributed by atoms with Crippen molar-refractivity contribution in [1.29, 1.82) is 0 Å². The van der Waals surface area contributed by atoms with Gasteiger partial charge in [-0.15, -0.1) is 0 Å². The number of hydrogen-bond acceptors (Lipinski definition) is 5. The number of hydrogen-bond donors (Lipinski definition) is 1. The maximum absolute atomic E-state index is 5.03. The second kappa shape index (κ2) is 6.27. The van der Waals surface area contributed by atoms with Crippen molar-refractivity contribution in [2.24, 2.45) is 0 Å². The van der Waals surface area contributed by atoms with E-state index in [1.165, 1.54) is 0 Å². The zero-order valence-electron chi connectivity index (χ0n) is 10.4. The Kier molecular flexibility index (Phi) is 4.98. The van der Waals surface area contributed by atoms with Crippen LogP contribution in [0.5, 0.6) is 5.88 Å². The molecule has 0 saturated carbocycles. The van der Waals surface area contributed by atoms with Gasteiger partial charge < -0.3 is 15.0 Å². The third-order valence-electron chi connectivity index (χ3n) is 2.20. The summed E-state index contributed by atoms with van der Waals surface area (Å²) >= 11 is 0. The molecule has 1 rings (SSSR count). The molecule has 0 aromatic carbocycles. The number of ether oxygens (including phenoxy) is 1. The molecule has 0 amide bonds. The Morgan fingerprint density at radius 2 is 2.19 bits per heavy atom. The van der Waals surface area contributed by atoms with Crippen molar-refractivity contribution in [3.63, 3.8) is 0 Å². The molecule has 0 saturated heterocycles. The van der Waals surface area contributed by atoms with Crippen molar-refractivity contribution in [1.82, 2.24) is 15.3 Å². The molecule has 5 nitrogen and oxygen atoms in total. The van der Waals surface area contributed by atoms with E-state index in [4.69, 9.17) is 4.74 Å². The molecule has 0 unspecified atom stereocenters. The normalized spacial score (nSPS) is 10.6. The Bertz CT molecular complexity index is 317. The van der Waals surface area contributed by atoms with E-state index in [0.29, 0.717) is 11.9 Å². The van der Waals surface area contributed by atoms with Crippen LogP contribution < -0.4 is 15.0 Å². The highest BCUT2D eigenvalue weighted by molar-refractivity contribution is 5.36. The van der Waals surface area contributed by atoms with E-state index in [0.717, 1.165) is 18.9 Å². The smallest absolute Gasteiger partial charge is 0.233 e. The maximum Gasteiger partial charge on any atom is 0.233 e. The van der Waals surface area contributed by atoms with Crippen LogP contribution in [0.2, 0.25) is 0 Å². The Morgan fingerprint density at radius 1 is 1.44 bits per heavy atom. The lowest BCUT2D eigenvalue weighted by Gasteiger charge is -2.19. The average molecular weight is 224 g/mol. The number of rotatable bonds is 6. The summed E-state index contributed by atoms with van der Waals surface area (Å²) in [5.74, 6) is 1.37. The first-order valence-electron chi connectivity index (χ1n) is 5.44. The largest absolute Gasteiger partial charge is 0.480 e. The van der Waals surface area contributed by atoms with Crippen LogP contribution in [0.25, 0.3) is 0 Å². The molecule has 0 fully saturated rings. The minimum atomic E-state index is 0.504. The number of methoxy groups -OCH3 is 1. The topological polar surface area (TPSA) is 50.3 Å². The van der Waals surface area contributed by atoms with Crippen molar-refractivity contribution >= 4 is 5.82 Å². The number of likely N-dealkylation sites (N-methyl/N-ethyl adjacent to an activating group) is 1. The van der Waals surface area contributed by atoms with Gasteiger partial charge in [-0.3, -0.25) is 4.98 Å². The van der Waals surface area contributed by atoms with Crippen LogP contribution in [0, 0.1) is 0 Å². The van der Waals surface area contributed by atoms with Crippen molar-refractivity contribution < 1.29 is 4.74 Å². The van der Waals surface area contributed by atoms with E-state index >= 15 is 0 Å². The third kappa shape index (κ3) is 4.02. The summed E-state index contributed by atoms with van der Waals surface area (Å²) in [5, 5.41) is 3.35. The van der Waals surface area contributed by atoms with E-state index in [9.17, 15) is 0 Å². The van der Waals surface area contributed by atoms with E-state index in [2.05, 4.69) is 29.1 Å². The average Bonchev–Trinajstić information content (AvgIpc) is 2.28. The first kappa shape index (κ1) is 12.7. The van der Waals surface area contributed by atoms with Crippen molar-refractivity contribution in [3.05, 3.63) is 12.4 Å². The molecule has 0 aliphatic carbocycles. The Labute approximate surface area is 96.8 Å². The van der Waals surface area contributed by atoms with Crippen LogP contribution in [0.3, 0.4) is 0 Å². The van der Waals surface area contributed by atoms with Crippen LogP contribution in [-0.4, -0.2) is 43.3 Å². The quantitative estimate of drug-likeness (QED) is 0.778. The number of nitrogens with one attached hydrogen (secondary N) is 1. The Balaban J connectivity index is 2.48. The number of aromatic nitrogens is 2. The minimum absolute atomic E-state index is 0.504. The fourth-order valence-electron chi connectivity index (χ4n) is 1.26. The van der Waals surface area contributed by atoms with Crippen LogP contribution in [-0.2, 0) is 0 Å². The fourth-order valence-corrected chi connectivity index (χ4v) is 1.26. The number of anilines is 1. The van der Waals surface area contributed by atoms with Gasteiger partial charge in [0.05, 0.1) is 19.5 Å². The van der Waals surface area contributed by atoms with Gasteiger partial charge in [-0.1, -0.05) is 13.8 Å². The zero-order chi connectivity index (χ0) is 12.0. The molecule has 90 valence electrons. The molecule has 5 heteroatoms. The molecule has 0 spiro atoms. The first-order valence-corrected chi connectivity index (χ1v) is 5.44. The van der Waals surface area contributed by atoms with Crippen LogP contribution in [0.15, 0.2) is 12.4 Å². The molecule has 0 radical (unpaired) electrons. The predicted octanol–water partition coefficient (Wildman–Crippen LogP) is 0.919. The molecule has 16 heavy (non-hydrogen) atoms. The highest BCUT2D eigenvalue weighted by atomic mass is 16.5. The minimum Gasteiger partial charge on any atom is -0.480 e. The molecule has 1 N–H and O–H groups in total. The summed E-state index contributed by atoms with van der Waals surface area (Å²) in [6.45, 7) is 6.07. The number of nitrogens with zero attached hydrogens (tertiary/aromatic N) is 3. The Morgan fingerprint density at radius 3 is 2.81 bits per heavy atom. The predicted molar refractivity (Wildman–Crippen MR) is 65.0 cm³/mol. The summed E-state index contributed by atoms with van der Waals surface area (Å²) in [7, 11) is 3.58. The van der Waals surface area contributed by atoms with Crippen LogP contribution in [0.1, 0.15) is 13.8 Å². The zero-order valence-corrected chi connectivity index (χ0v) is 10.4. The maximum atomic E-state index is 5.03. The molecule has 0 aliphatic heterocycles. The van der Waals surface area contributed by atoms with Gasteiger partial charge in [-0.2, -0.15) is 4.98 Å². The standard InChI is InChI=1S/C11H20N4O/c1-9(2)13-5-6-15(3)10-7-12-8-11(14-10)16-4/h7-9,13H,5-6H2,1-4H3. The van der Waals surface area contributed by atoms with Crippen molar-refractivity contribution in [2.75, 3.05) is 32.1 Å². The van der Waals surface area contributed by atoms with Gasteiger partial charge in [-0.25, -0.2) is 0 Å². The second-order valence-corrected chi connectivity index (χ2v) is 3.95. The van der Waals surface area contributed by atoms with Crippen LogP contribution in [0.4, 0.5) is 5.82 Å². The first-order chi connectivity index (χ1) is 7.63. The van der Waals surface area contributed by atoms with Gasteiger partial charge in [0.2, 0.25) is 5.88 Å². The van der Waals surface area contributed by atoms with Gasteiger partial charge in [-0.05, 0) is 0 Å². The summed E-state index contributed by atoms with van der Waals surface area (Å²) in [4.78, 5) is 10.4. The van der Waals surface area contributed by atoms with E-state index in [1.807, 2.05) is 11.9 Å². The van der Waals surface area contributed by atoms with Crippen molar-refractivity contribution in [2.45, 2.75) is 19.9 Å². The van der Waals surface area contributed by atoms with Gasteiger partial charge in [0, 0.05) is 26.2 Å². The van der Waals surface area contributed by atoms with Gasteiger partial charge >= 0.3 is 0 Å². The molecule has 1 aromatic rings. The van der Waals surface area contributed by atoms with E-state index in [1.54, 1.807) is 19.5 Å². The lowest BCUT2D eigenvalue weighted by molar-refractivity contribution is 0.395. The van der Waals surface area contributed by atoms with E-state index < -0.39 is 0 Å². The summed E-state index contributed by atoms with van der Waals surface area (Å²) < 4.78 is 5.03. The summed E-state index contributed by atoms with van der Waals surface area (Å²) in [6, 6.07) is 0.504. The highest BCUT2D eigenvalue weighted by Crippen LogP contribution is 2.11. The van der Waals surface area contributed by atoms with Gasteiger partial charge in [0.1, 0.15) is 0 Å². The molecular formula is C11H20N4O. The third-order valence-corrected chi connectivity index (χ3v) is 2.20. The van der Waals surface area contributed by atoms with Gasteiger partial charge in [0.25, 0.3) is 0 Å². The monoisotopic (exact) mass is 224 g/mol. The second-order valence-electron chi connectivity index (χ2n) is 3.95. The molecule has 0 atom stereocenters. The Hall–Kier alpha value is -1.36. The highest BCUT2D eigenvalue weighted by Gasteiger charge is 2.04. The fraction of sp³-hybridized carbons (Fsp3) is 0.636. The van der Waals surface area contributed by atoms with Crippen LogP contribution >= 0.6 is 0 Å². The lowest BCUT2D eigenvalue weighted by atomic mass is 10.4. The molecular weight excluding hydrogens is 204 g/mol. The lowest BCUT2D eigenvalue weighted by Crippen LogP contribution is -2.33. The summed E-state index contributed by atoms with van der Waals surface area (Å²) in [5.41, 5.74) is 0. The molecule has 0 aliphatic rings. The summed E-state index contributed by atoms with van der Waals surface area (Å²) in [6.07, 6.45) is 3.33. The van der Waals surface area contributed by atoms with Gasteiger partial charge in [0.15, 0.2) is 5.82 Å². The SMILES string of the molecule is COc1cncc(N(C)CCNC(C)C)n1.